The van der Waals surface area contributed by atoms with E-state index in [1.807, 2.05) is 6.08 Å². The van der Waals surface area contributed by atoms with Crippen molar-refractivity contribution in [2.75, 3.05) is 24.5 Å². The molecule has 0 radical (unpaired) electrons. The first kappa shape index (κ1) is 14.8. The Morgan fingerprint density at radius 1 is 1.22 bits per heavy atom. The molecule has 1 atom stereocenters. The van der Waals surface area contributed by atoms with Crippen molar-refractivity contribution in [2.24, 2.45) is 0 Å². The maximum absolute atomic E-state index is 3.81. The lowest BCUT2D eigenvalue weighted by Gasteiger charge is -2.23. The average molecular weight is 246 g/mol. The van der Waals surface area contributed by atoms with E-state index in [1.165, 1.54) is 11.3 Å². The zero-order valence-electron chi connectivity index (χ0n) is 11.9. The van der Waals surface area contributed by atoms with Crippen LogP contribution in [0, 0.1) is 0 Å². The zero-order chi connectivity index (χ0) is 13.4. The van der Waals surface area contributed by atoms with E-state index in [0.717, 1.165) is 26.1 Å². The smallest absolute Gasteiger partial charge is 0.0369 e. The molecule has 0 aromatic heterocycles. The second-order valence-electron chi connectivity index (χ2n) is 4.44. The Labute approximate surface area is 112 Å². The molecule has 2 nitrogen and oxygen atoms in total. The van der Waals surface area contributed by atoms with E-state index < -0.39 is 0 Å². The first-order valence-electron chi connectivity index (χ1n) is 6.95. The molecule has 0 aliphatic heterocycles. The number of nitrogens with one attached hydrogen (secondary N) is 1. The molecule has 100 valence electrons. The Morgan fingerprint density at radius 2 is 1.89 bits per heavy atom. The van der Waals surface area contributed by atoms with Crippen molar-refractivity contribution in [1.82, 2.24) is 5.32 Å². The van der Waals surface area contributed by atoms with E-state index in [1.54, 1.807) is 0 Å². The fourth-order valence-electron chi connectivity index (χ4n) is 2.23. The average Bonchev–Trinajstić information content (AvgIpc) is 2.42. The minimum atomic E-state index is 0.471. The predicted octanol–water partition coefficient (Wildman–Crippen LogP) is 3.76. The Morgan fingerprint density at radius 3 is 2.33 bits per heavy atom. The third-order valence-electron chi connectivity index (χ3n) is 3.25. The van der Waals surface area contributed by atoms with Gasteiger partial charge in [-0.3, -0.25) is 0 Å². The summed E-state index contributed by atoms with van der Waals surface area (Å²) in [5.74, 6) is 0. The highest BCUT2D eigenvalue weighted by Crippen LogP contribution is 2.21. The summed E-state index contributed by atoms with van der Waals surface area (Å²) < 4.78 is 0. The van der Waals surface area contributed by atoms with Gasteiger partial charge in [0.25, 0.3) is 0 Å². The lowest BCUT2D eigenvalue weighted by atomic mass is 10.0. The molecule has 1 unspecified atom stereocenters. The fraction of sp³-hybridized carbons (Fsp3) is 0.500. The van der Waals surface area contributed by atoms with Crippen molar-refractivity contribution in [2.45, 2.75) is 33.2 Å². The van der Waals surface area contributed by atoms with Gasteiger partial charge in [-0.1, -0.05) is 32.1 Å². The topological polar surface area (TPSA) is 15.3 Å². The molecule has 0 aliphatic rings. The molecule has 0 saturated heterocycles. The first-order chi connectivity index (χ1) is 8.76. The summed E-state index contributed by atoms with van der Waals surface area (Å²) in [6.45, 7) is 13.3. The summed E-state index contributed by atoms with van der Waals surface area (Å²) in [6.07, 6.45) is 3.07. The van der Waals surface area contributed by atoms with Gasteiger partial charge in [-0.2, -0.15) is 0 Å². The molecule has 0 fully saturated rings. The molecule has 0 aliphatic carbocycles. The first-order valence-corrected chi connectivity index (χ1v) is 6.95. The number of benzene rings is 1. The van der Waals surface area contributed by atoms with Gasteiger partial charge in [0.15, 0.2) is 0 Å². The standard InChI is InChI=1S/C16H26N2/c1-5-13-18(8-4)15-11-9-14(10-12-15)16(6-2)17-7-3/h5,9-12,16-17H,1,6-8,13H2,2-4H3. The second-order valence-corrected chi connectivity index (χ2v) is 4.44. The van der Waals surface area contributed by atoms with Gasteiger partial charge < -0.3 is 10.2 Å². The third-order valence-corrected chi connectivity index (χ3v) is 3.25. The summed E-state index contributed by atoms with van der Waals surface area (Å²) >= 11 is 0. The van der Waals surface area contributed by atoms with Crippen LogP contribution in [0.4, 0.5) is 5.69 Å². The van der Waals surface area contributed by atoms with Crippen LogP contribution in [-0.4, -0.2) is 19.6 Å². The van der Waals surface area contributed by atoms with E-state index in [4.69, 9.17) is 0 Å². The minimum Gasteiger partial charge on any atom is -0.368 e. The molecule has 0 heterocycles. The Bertz CT molecular complexity index is 343. The molecule has 0 spiro atoms. The molecular formula is C16H26N2. The van der Waals surface area contributed by atoms with Gasteiger partial charge in [-0.05, 0) is 37.6 Å². The van der Waals surface area contributed by atoms with E-state index in [-0.39, 0.29) is 0 Å². The van der Waals surface area contributed by atoms with Crippen LogP contribution in [-0.2, 0) is 0 Å². The molecule has 0 amide bonds. The van der Waals surface area contributed by atoms with E-state index in [0.29, 0.717) is 6.04 Å². The quantitative estimate of drug-likeness (QED) is 0.703. The highest BCUT2D eigenvalue weighted by atomic mass is 15.1. The summed E-state index contributed by atoms with van der Waals surface area (Å²) in [5.41, 5.74) is 2.64. The second kappa shape index (κ2) is 7.93. The molecule has 0 saturated carbocycles. The van der Waals surface area contributed by atoms with Crippen molar-refractivity contribution in [3.05, 3.63) is 42.5 Å². The van der Waals surface area contributed by atoms with Gasteiger partial charge in [0.05, 0.1) is 0 Å². The lowest BCUT2D eigenvalue weighted by molar-refractivity contribution is 0.537. The number of hydrogen-bond donors (Lipinski definition) is 1. The number of rotatable bonds is 8. The van der Waals surface area contributed by atoms with Crippen LogP contribution in [0.2, 0.25) is 0 Å². The largest absolute Gasteiger partial charge is 0.368 e. The van der Waals surface area contributed by atoms with Crippen LogP contribution in [0.3, 0.4) is 0 Å². The molecule has 1 aromatic rings. The van der Waals surface area contributed by atoms with Crippen molar-refractivity contribution < 1.29 is 0 Å². The van der Waals surface area contributed by atoms with Gasteiger partial charge >= 0.3 is 0 Å². The SMILES string of the molecule is C=CCN(CC)c1ccc(C(CC)NCC)cc1. The maximum atomic E-state index is 3.81. The van der Waals surface area contributed by atoms with Gasteiger partial charge in [-0.15, -0.1) is 6.58 Å². The highest BCUT2D eigenvalue weighted by Gasteiger charge is 2.08. The van der Waals surface area contributed by atoms with Crippen LogP contribution in [0.25, 0.3) is 0 Å². The monoisotopic (exact) mass is 246 g/mol. The van der Waals surface area contributed by atoms with Crippen LogP contribution >= 0.6 is 0 Å². The van der Waals surface area contributed by atoms with E-state index in [9.17, 15) is 0 Å². The van der Waals surface area contributed by atoms with Gasteiger partial charge in [0.1, 0.15) is 0 Å². The molecule has 0 bridgehead atoms. The van der Waals surface area contributed by atoms with Crippen molar-refractivity contribution in [1.29, 1.82) is 0 Å². The van der Waals surface area contributed by atoms with Crippen LogP contribution in [0.5, 0.6) is 0 Å². The predicted molar refractivity (Wildman–Crippen MR) is 81.2 cm³/mol. The molecule has 1 rings (SSSR count). The summed E-state index contributed by atoms with van der Waals surface area (Å²) in [7, 11) is 0. The van der Waals surface area contributed by atoms with Crippen LogP contribution < -0.4 is 10.2 Å². The van der Waals surface area contributed by atoms with Crippen LogP contribution in [0.1, 0.15) is 38.8 Å². The van der Waals surface area contributed by atoms with Crippen molar-refractivity contribution in [3.63, 3.8) is 0 Å². The van der Waals surface area contributed by atoms with Crippen molar-refractivity contribution in [3.8, 4) is 0 Å². The third kappa shape index (κ3) is 3.88. The molecular weight excluding hydrogens is 220 g/mol. The minimum absolute atomic E-state index is 0.471. The zero-order valence-corrected chi connectivity index (χ0v) is 11.9. The van der Waals surface area contributed by atoms with E-state index >= 15 is 0 Å². The number of nitrogens with zero attached hydrogens (tertiary/aromatic N) is 1. The fourth-order valence-corrected chi connectivity index (χ4v) is 2.23. The Hall–Kier alpha value is -1.28. The van der Waals surface area contributed by atoms with Crippen LogP contribution in [0.15, 0.2) is 36.9 Å². The Kier molecular flexibility index (Phi) is 6.51. The normalized spacial score (nSPS) is 12.2. The van der Waals surface area contributed by atoms with E-state index in [2.05, 4.69) is 61.8 Å². The number of likely N-dealkylation sites (N-methyl/N-ethyl adjacent to an activating group) is 1. The summed E-state index contributed by atoms with van der Waals surface area (Å²) in [4.78, 5) is 2.31. The summed E-state index contributed by atoms with van der Waals surface area (Å²) in [5, 5.41) is 3.51. The summed E-state index contributed by atoms with van der Waals surface area (Å²) in [6, 6.07) is 9.36. The Balaban J connectivity index is 2.80. The van der Waals surface area contributed by atoms with Gasteiger partial charge in [-0.25, -0.2) is 0 Å². The molecule has 1 N–H and O–H groups in total. The molecule has 2 heteroatoms. The molecule has 18 heavy (non-hydrogen) atoms. The highest BCUT2D eigenvalue weighted by molar-refractivity contribution is 5.48. The number of hydrogen-bond acceptors (Lipinski definition) is 2. The van der Waals surface area contributed by atoms with Gasteiger partial charge in [0, 0.05) is 24.8 Å². The van der Waals surface area contributed by atoms with Gasteiger partial charge in [0.2, 0.25) is 0 Å². The lowest BCUT2D eigenvalue weighted by Crippen LogP contribution is -2.23. The molecule has 1 aromatic carbocycles. The van der Waals surface area contributed by atoms with Crippen molar-refractivity contribution >= 4 is 5.69 Å². The maximum Gasteiger partial charge on any atom is 0.0369 e. The number of anilines is 1.